The highest BCUT2D eigenvalue weighted by molar-refractivity contribution is 5.24. The van der Waals surface area contributed by atoms with Crippen molar-refractivity contribution in [3.05, 3.63) is 35.6 Å². The summed E-state index contributed by atoms with van der Waals surface area (Å²) in [6, 6.07) is 7.76. The molecule has 14 heavy (non-hydrogen) atoms. The Labute approximate surface area is 83.3 Å². The molecule has 74 valence electrons. The van der Waals surface area contributed by atoms with E-state index >= 15 is 0 Å². The van der Waals surface area contributed by atoms with Gasteiger partial charge >= 0.3 is 0 Å². The molecule has 1 aromatic carbocycles. The van der Waals surface area contributed by atoms with Crippen LogP contribution in [0.5, 0.6) is 0 Å². The molecule has 2 heteroatoms. The second kappa shape index (κ2) is 3.06. The average molecular weight is 191 g/mol. The molecule has 2 bridgehead atoms. The van der Waals surface area contributed by atoms with Gasteiger partial charge in [0.2, 0.25) is 0 Å². The van der Waals surface area contributed by atoms with E-state index in [-0.39, 0.29) is 5.82 Å². The molecule has 1 heterocycles. The summed E-state index contributed by atoms with van der Waals surface area (Å²) in [7, 11) is 0. The van der Waals surface area contributed by atoms with Gasteiger partial charge in [-0.1, -0.05) is 12.1 Å². The Bertz CT molecular complexity index is 333. The van der Waals surface area contributed by atoms with Crippen LogP contribution in [0.1, 0.15) is 24.3 Å². The summed E-state index contributed by atoms with van der Waals surface area (Å²) in [6.07, 6.45) is 2.54. The summed E-state index contributed by atoms with van der Waals surface area (Å²) in [5.41, 5.74) is 1.32. The molecule has 1 aliphatic carbocycles. The van der Waals surface area contributed by atoms with E-state index < -0.39 is 0 Å². The van der Waals surface area contributed by atoms with Gasteiger partial charge in [-0.3, -0.25) is 0 Å². The zero-order chi connectivity index (χ0) is 9.54. The SMILES string of the molecule is Fc1ccc(C2CC3CC2CN3)cc1. The van der Waals surface area contributed by atoms with Crippen LogP contribution in [0.15, 0.2) is 24.3 Å². The van der Waals surface area contributed by atoms with E-state index in [0.717, 1.165) is 18.5 Å². The predicted octanol–water partition coefficient (Wildman–Crippen LogP) is 2.29. The second-order valence-electron chi connectivity index (χ2n) is 4.49. The van der Waals surface area contributed by atoms with Crippen molar-refractivity contribution in [3.8, 4) is 0 Å². The molecule has 2 aliphatic rings. The maximum atomic E-state index is 12.7. The van der Waals surface area contributed by atoms with Gasteiger partial charge in [-0.2, -0.15) is 0 Å². The number of rotatable bonds is 1. The zero-order valence-electron chi connectivity index (χ0n) is 8.04. The quantitative estimate of drug-likeness (QED) is 0.718. The number of hydrogen-bond donors (Lipinski definition) is 1. The maximum absolute atomic E-state index is 12.7. The van der Waals surface area contributed by atoms with Crippen molar-refractivity contribution in [2.75, 3.05) is 6.54 Å². The van der Waals surface area contributed by atoms with Crippen LogP contribution in [0.4, 0.5) is 4.39 Å². The molecule has 2 fully saturated rings. The molecule has 0 amide bonds. The van der Waals surface area contributed by atoms with Gasteiger partial charge in [0.15, 0.2) is 0 Å². The Morgan fingerprint density at radius 3 is 2.50 bits per heavy atom. The maximum Gasteiger partial charge on any atom is 0.123 e. The molecule has 1 N–H and O–H groups in total. The van der Waals surface area contributed by atoms with Crippen LogP contribution in [0, 0.1) is 11.7 Å². The Kier molecular flexibility index (Phi) is 1.84. The number of piperidine rings is 1. The number of benzene rings is 1. The van der Waals surface area contributed by atoms with Crippen LogP contribution in [-0.4, -0.2) is 12.6 Å². The number of nitrogens with one attached hydrogen (secondary N) is 1. The standard InChI is InChI=1S/C12H14FN/c13-10-3-1-8(2-4-10)12-6-11-5-9(12)7-14-11/h1-4,9,11-12,14H,5-7H2. The third-order valence-corrected chi connectivity index (χ3v) is 3.66. The Morgan fingerprint density at radius 1 is 1.14 bits per heavy atom. The Morgan fingerprint density at radius 2 is 1.93 bits per heavy atom. The molecule has 1 nitrogen and oxygen atoms in total. The lowest BCUT2D eigenvalue weighted by Gasteiger charge is -2.22. The molecule has 0 radical (unpaired) electrons. The van der Waals surface area contributed by atoms with Crippen LogP contribution in [-0.2, 0) is 0 Å². The van der Waals surface area contributed by atoms with E-state index in [0.29, 0.717) is 5.92 Å². The molecular formula is C12H14FN. The topological polar surface area (TPSA) is 12.0 Å². The summed E-state index contributed by atoms with van der Waals surface area (Å²) < 4.78 is 12.7. The molecule has 1 aliphatic heterocycles. The lowest BCUT2D eigenvalue weighted by Crippen LogP contribution is -2.28. The first-order valence-corrected chi connectivity index (χ1v) is 5.32. The molecule has 1 aromatic rings. The molecule has 1 saturated carbocycles. The van der Waals surface area contributed by atoms with Crippen molar-refractivity contribution in [2.24, 2.45) is 5.92 Å². The molecule has 3 rings (SSSR count). The minimum Gasteiger partial charge on any atom is -0.314 e. The van der Waals surface area contributed by atoms with E-state index in [4.69, 9.17) is 0 Å². The highest BCUT2D eigenvalue weighted by atomic mass is 19.1. The van der Waals surface area contributed by atoms with E-state index in [9.17, 15) is 4.39 Å². The van der Waals surface area contributed by atoms with Crippen molar-refractivity contribution in [3.63, 3.8) is 0 Å². The van der Waals surface area contributed by atoms with Crippen LogP contribution in [0.2, 0.25) is 0 Å². The molecular weight excluding hydrogens is 177 g/mol. The van der Waals surface area contributed by atoms with Gasteiger partial charge in [0.05, 0.1) is 0 Å². The lowest BCUT2D eigenvalue weighted by atomic mass is 9.88. The largest absolute Gasteiger partial charge is 0.314 e. The summed E-state index contributed by atoms with van der Waals surface area (Å²) in [5, 5.41) is 3.49. The smallest absolute Gasteiger partial charge is 0.123 e. The first-order chi connectivity index (χ1) is 6.83. The van der Waals surface area contributed by atoms with Crippen LogP contribution in [0.3, 0.4) is 0 Å². The monoisotopic (exact) mass is 191 g/mol. The van der Waals surface area contributed by atoms with Gasteiger partial charge in [-0.25, -0.2) is 4.39 Å². The van der Waals surface area contributed by atoms with E-state index in [2.05, 4.69) is 5.32 Å². The molecule has 3 unspecified atom stereocenters. The van der Waals surface area contributed by atoms with Crippen molar-refractivity contribution in [1.82, 2.24) is 5.32 Å². The minimum atomic E-state index is -0.130. The van der Waals surface area contributed by atoms with E-state index in [1.165, 1.54) is 18.4 Å². The predicted molar refractivity (Wildman–Crippen MR) is 53.7 cm³/mol. The van der Waals surface area contributed by atoms with Gasteiger partial charge in [0.1, 0.15) is 5.82 Å². The summed E-state index contributed by atoms with van der Waals surface area (Å²) in [4.78, 5) is 0. The van der Waals surface area contributed by atoms with Crippen LogP contribution < -0.4 is 5.32 Å². The normalized spacial score (nSPS) is 35.1. The Hall–Kier alpha value is -0.890. The highest BCUT2D eigenvalue weighted by Crippen LogP contribution is 2.43. The fourth-order valence-electron chi connectivity index (χ4n) is 2.95. The highest BCUT2D eigenvalue weighted by Gasteiger charge is 2.39. The van der Waals surface area contributed by atoms with Gasteiger partial charge in [0.25, 0.3) is 0 Å². The summed E-state index contributed by atoms with van der Waals surface area (Å²) in [5.74, 6) is 1.32. The number of fused-ring (bicyclic) bond motifs is 2. The summed E-state index contributed by atoms with van der Waals surface area (Å²) >= 11 is 0. The fourth-order valence-corrected chi connectivity index (χ4v) is 2.95. The second-order valence-corrected chi connectivity index (χ2v) is 4.49. The number of halogens is 1. The number of hydrogen-bond acceptors (Lipinski definition) is 1. The molecule has 0 spiro atoms. The first kappa shape index (κ1) is 8.42. The third-order valence-electron chi connectivity index (χ3n) is 3.66. The van der Waals surface area contributed by atoms with Gasteiger partial charge in [-0.15, -0.1) is 0 Å². The van der Waals surface area contributed by atoms with Gasteiger partial charge in [-0.05, 0) is 48.9 Å². The van der Waals surface area contributed by atoms with Gasteiger partial charge < -0.3 is 5.32 Å². The van der Waals surface area contributed by atoms with Crippen molar-refractivity contribution in [1.29, 1.82) is 0 Å². The van der Waals surface area contributed by atoms with Crippen molar-refractivity contribution < 1.29 is 4.39 Å². The third kappa shape index (κ3) is 1.25. The zero-order valence-corrected chi connectivity index (χ0v) is 8.04. The van der Waals surface area contributed by atoms with Crippen LogP contribution >= 0.6 is 0 Å². The van der Waals surface area contributed by atoms with E-state index in [1.807, 2.05) is 12.1 Å². The fraction of sp³-hybridized carbons (Fsp3) is 0.500. The summed E-state index contributed by atoms with van der Waals surface area (Å²) in [6.45, 7) is 1.15. The van der Waals surface area contributed by atoms with Crippen molar-refractivity contribution >= 4 is 0 Å². The Balaban J connectivity index is 1.86. The molecule has 3 atom stereocenters. The van der Waals surface area contributed by atoms with Crippen molar-refractivity contribution in [2.45, 2.75) is 24.8 Å². The van der Waals surface area contributed by atoms with Gasteiger partial charge in [0, 0.05) is 6.04 Å². The minimum absolute atomic E-state index is 0.130. The first-order valence-electron chi connectivity index (χ1n) is 5.32. The molecule has 1 saturated heterocycles. The molecule has 0 aromatic heterocycles. The van der Waals surface area contributed by atoms with Crippen LogP contribution in [0.25, 0.3) is 0 Å². The lowest BCUT2D eigenvalue weighted by molar-refractivity contribution is 0.440. The van der Waals surface area contributed by atoms with E-state index in [1.54, 1.807) is 12.1 Å². The average Bonchev–Trinajstić information content (AvgIpc) is 2.80.